The predicted molar refractivity (Wildman–Crippen MR) is 58.8 cm³/mol. The van der Waals surface area contributed by atoms with Crippen LogP contribution in [0.25, 0.3) is 10.9 Å². The number of carboxylic acid groups (broad SMARTS) is 1. The van der Waals surface area contributed by atoms with E-state index in [0.717, 1.165) is 16.5 Å². The maximum absolute atomic E-state index is 10.3. The van der Waals surface area contributed by atoms with Crippen LogP contribution in [0.15, 0.2) is 42.6 Å². The van der Waals surface area contributed by atoms with Crippen molar-refractivity contribution in [3.8, 4) is 0 Å². The van der Waals surface area contributed by atoms with Gasteiger partial charge in [-0.2, -0.15) is 0 Å². The number of fused-ring (bicyclic) bond motifs is 1. The highest BCUT2D eigenvalue weighted by atomic mass is 16.4. The molecule has 0 aliphatic heterocycles. The first kappa shape index (κ1) is 9.52. The number of nitrogens with one attached hydrogen (secondary N) is 1. The number of rotatable bonds is 3. The lowest BCUT2D eigenvalue weighted by Gasteiger charge is -1.92. The highest BCUT2D eigenvalue weighted by Gasteiger charge is 2.00. The molecule has 0 spiro atoms. The number of H-pyrrole nitrogens is 1. The van der Waals surface area contributed by atoms with Crippen LogP contribution in [0.1, 0.15) is 5.56 Å². The summed E-state index contributed by atoms with van der Waals surface area (Å²) in [6.45, 7) is 0. The molecule has 1 heterocycles. The molecular weight excluding hydrogens is 190 g/mol. The average Bonchev–Trinajstić information content (AvgIpc) is 2.62. The predicted octanol–water partition coefficient (Wildman–Crippen LogP) is 2.35. The topological polar surface area (TPSA) is 53.1 Å². The van der Waals surface area contributed by atoms with E-state index < -0.39 is 5.97 Å². The van der Waals surface area contributed by atoms with E-state index in [9.17, 15) is 4.79 Å². The summed E-state index contributed by atoms with van der Waals surface area (Å²) in [5.41, 5.74) is 2.19. The summed E-state index contributed by atoms with van der Waals surface area (Å²) < 4.78 is 0. The van der Waals surface area contributed by atoms with Gasteiger partial charge in [-0.05, 0) is 18.1 Å². The molecule has 2 N–H and O–H groups in total. The minimum atomic E-state index is -0.908. The van der Waals surface area contributed by atoms with Crippen LogP contribution in [0, 0.1) is 0 Å². The Labute approximate surface area is 87.0 Å². The first-order chi connectivity index (χ1) is 7.27. The maximum atomic E-state index is 10.3. The van der Waals surface area contributed by atoms with Crippen LogP contribution in [0.4, 0.5) is 0 Å². The number of benzene rings is 1. The number of aromatic nitrogens is 1. The maximum Gasteiger partial charge on any atom is 0.327 e. The summed E-state index contributed by atoms with van der Waals surface area (Å²) in [4.78, 5) is 13.4. The fourth-order valence-corrected chi connectivity index (χ4v) is 1.59. The second-order valence-corrected chi connectivity index (χ2v) is 3.30. The number of hydrogen-bond acceptors (Lipinski definition) is 1. The fraction of sp³-hybridized carbons (Fsp3) is 0.0833. The van der Waals surface area contributed by atoms with E-state index in [1.165, 1.54) is 6.08 Å². The van der Waals surface area contributed by atoms with Crippen molar-refractivity contribution in [1.82, 2.24) is 4.98 Å². The molecule has 0 amide bonds. The summed E-state index contributed by atoms with van der Waals surface area (Å²) in [5, 5.41) is 9.61. The number of aliphatic carboxylic acids is 1. The van der Waals surface area contributed by atoms with Crippen LogP contribution >= 0.6 is 0 Å². The summed E-state index contributed by atoms with van der Waals surface area (Å²) in [6, 6.07) is 7.96. The number of aromatic amines is 1. The highest BCUT2D eigenvalue weighted by molar-refractivity contribution is 5.83. The van der Waals surface area contributed by atoms with Crippen molar-refractivity contribution in [3.05, 3.63) is 48.2 Å². The molecule has 3 nitrogen and oxygen atoms in total. The zero-order valence-corrected chi connectivity index (χ0v) is 8.10. The molecule has 0 radical (unpaired) electrons. The molecule has 2 rings (SSSR count). The van der Waals surface area contributed by atoms with Crippen LogP contribution in [-0.2, 0) is 11.2 Å². The number of carbonyl (C=O) groups is 1. The first-order valence-corrected chi connectivity index (χ1v) is 4.72. The van der Waals surface area contributed by atoms with Crippen LogP contribution in [0.3, 0.4) is 0 Å². The van der Waals surface area contributed by atoms with Crippen molar-refractivity contribution >= 4 is 16.9 Å². The van der Waals surface area contributed by atoms with Gasteiger partial charge in [-0.1, -0.05) is 24.3 Å². The number of carboxylic acids is 1. The van der Waals surface area contributed by atoms with Crippen molar-refractivity contribution < 1.29 is 9.90 Å². The molecule has 15 heavy (non-hydrogen) atoms. The molecule has 0 fully saturated rings. The van der Waals surface area contributed by atoms with Gasteiger partial charge in [0.05, 0.1) is 0 Å². The SMILES string of the molecule is O=C(O)/C=C/Cc1c[nH]c2ccccc12. The summed E-state index contributed by atoms with van der Waals surface area (Å²) in [6.07, 6.45) is 5.37. The average molecular weight is 201 g/mol. The zero-order chi connectivity index (χ0) is 10.7. The van der Waals surface area contributed by atoms with Gasteiger partial charge in [0.1, 0.15) is 0 Å². The normalized spacial score (nSPS) is 11.2. The molecule has 1 aromatic heterocycles. The van der Waals surface area contributed by atoms with E-state index in [1.54, 1.807) is 6.08 Å². The fourth-order valence-electron chi connectivity index (χ4n) is 1.59. The van der Waals surface area contributed by atoms with E-state index in [2.05, 4.69) is 4.98 Å². The number of para-hydroxylation sites is 1. The van der Waals surface area contributed by atoms with Crippen molar-refractivity contribution in [3.63, 3.8) is 0 Å². The van der Waals surface area contributed by atoms with Gasteiger partial charge in [0.15, 0.2) is 0 Å². The number of allylic oxidation sites excluding steroid dienone is 1. The third kappa shape index (κ3) is 2.07. The molecule has 0 saturated carbocycles. The van der Waals surface area contributed by atoms with Crippen molar-refractivity contribution in [2.45, 2.75) is 6.42 Å². The minimum absolute atomic E-state index is 0.635. The van der Waals surface area contributed by atoms with E-state index in [-0.39, 0.29) is 0 Å². The zero-order valence-electron chi connectivity index (χ0n) is 8.10. The highest BCUT2D eigenvalue weighted by Crippen LogP contribution is 2.18. The molecule has 0 aliphatic rings. The second kappa shape index (κ2) is 4.00. The van der Waals surface area contributed by atoms with E-state index in [1.807, 2.05) is 30.5 Å². The Bertz CT molecular complexity index is 511. The van der Waals surface area contributed by atoms with Crippen LogP contribution in [0.5, 0.6) is 0 Å². The quantitative estimate of drug-likeness (QED) is 0.749. The lowest BCUT2D eigenvalue weighted by molar-refractivity contribution is -0.131. The molecule has 0 atom stereocenters. The lowest BCUT2D eigenvalue weighted by atomic mass is 10.1. The molecular formula is C12H11NO2. The van der Waals surface area contributed by atoms with Gasteiger partial charge in [-0.25, -0.2) is 4.79 Å². The monoisotopic (exact) mass is 201 g/mol. The Morgan fingerprint density at radius 1 is 1.40 bits per heavy atom. The van der Waals surface area contributed by atoms with Gasteiger partial charge < -0.3 is 10.1 Å². The Balaban J connectivity index is 2.25. The van der Waals surface area contributed by atoms with Gasteiger partial charge in [-0.15, -0.1) is 0 Å². The van der Waals surface area contributed by atoms with E-state index in [0.29, 0.717) is 6.42 Å². The molecule has 0 bridgehead atoms. The van der Waals surface area contributed by atoms with Crippen molar-refractivity contribution in [2.75, 3.05) is 0 Å². The lowest BCUT2D eigenvalue weighted by Crippen LogP contribution is -1.87. The van der Waals surface area contributed by atoms with Gasteiger partial charge in [0.25, 0.3) is 0 Å². The van der Waals surface area contributed by atoms with Crippen molar-refractivity contribution in [2.24, 2.45) is 0 Å². The molecule has 3 heteroatoms. The molecule has 0 unspecified atom stereocenters. The van der Waals surface area contributed by atoms with Gasteiger partial charge in [-0.3, -0.25) is 0 Å². The molecule has 76 valence electrons. The third-order valence-corrected chi connectivity index (χ3v) is 2.27. The second-order valence-electron chi connectivity index (χ2n) is 3.30. The Morgan fingerprint density at radius 3 is 3.00 bits per heavy atom. The molecule has 1 aromatic carbocycles. The van der Waals surface area contributed by atoms with Crippen molar-refractivity contribution in [1.29, 1.82) is 0 Å². The number of hydrogen-bond donors (Lipinski definition) is 2. The Hall–Kier alpha value is -2.03. The van der Waals surface area contributed by atoms with Crippen LogP contribution < -0.4 is 0 Å². The first-order valence-electron chi connectivity index (χ1n) is 4.72. The standard InChI is InChI=1S/C12H11NO2/c14-12(15)7-3-4-9-8-13-11-6-2-1-5-10(9)11/h1-3,5-8,13H,4H2,(H,14,15)/b7-3+. The summed E-state index contributed by atoms with van der Waals surface area (Å²) in [5.74, 6) is -0.908. The largest absolute Gasteiger partial charge is 0.478 e. The van der Waals surface area contributed by atoms with Gasteiger partial charge in [0, 0.05) is 23.2 Å². The smallest absolute Gasteiger partial charge is 0.327 e. The molecule has 2 aromatic rings. The summed E-state index contributed by atoms with van der Waals surface area (Å²) >= 11 is 0. The van der Waals surface area contributed by atoms with Crippen LogP contribution in [0.2, 0.25) is 0 Å². The summed E-state index contributed by atoms with van der Waals surface area (Å²) in [7, 11) is 0. The van der Waals surface area contributed by atoms with E-state index in [4.69, 9.17) is 5.11 Å². The third-order valence-electron chi connectivity index (χ3n) is 2.27. The minimum Gasteiger partial charge on any atom is -0.478 e. The molecule has 0 aliphatic carbocycles. The van der Waals surface area contributed by atoms with Gasteiger partial charge in [0.2, 0.25) is 0 Å². The van der Waals surface area contributed by atoms with Crippen LogP contribution in [-0.4, -0.2) is 16.1 Å². The van der Waals surface area contributed by atoms with Gasteiger partial charge >= 0.3 is 5.97 Å². The molecule has 0 saturated heterocycles. The Kier molecular flexibility index (Phi) is 2.54. The van der Waals surface area contributed by atoms with E-state index >= 15 is 0 Å². The Morgan fingerprint density at radius 2 is 2.20 bits per heavy atom.